The van der Waals surface area contributed by atoms with E-state index in [0.717, 1.165) is 12.8 Å². The molecule has 1 heterocycles. The molecule has 0 aromatic carbocycles. The van der Waals surface area contributed by atoms with Crippen LogP contribution < -0.4 is 0 Å². The number of hydrogen-bond acceptors (Lipinski definition) is 3. The van der Waals surface area contributed by atoms with Crippen LogP contribution in [0.3, 0.4) is 0 Å². The third-order valence-corrected chi connectivity index (χ3v) is 3.26. The molecule has 0 amide bonds. The molecule has 3 nitrogen and oxygen atoms in total. The summed E-state index contributed by atoms with van der Waals surface area (Å²) in [4.78, 5) is 0. The summed E-state index contributed by atoms with van der Waals surface area (Å²) in [5.41, 5.74) is -0.636. The third-order valence-electron chi connectivity index (χ3n) is 1.97. The van der Waals surface area contributed by atoms with Crippen molar-refractivity contribution in [3.8, 4) is 0 Å². The number of rotatable bonds is 0. The van der Waals surface area contributed by atoms with Gasteiger partial charge in [0.15, 0.2) is 0 Å². The van der Waals surface area contributed by atoms with Crippen LogP contribution in [-0.4, -0.2) is 11.2 Å². The molecular weight excluding hydrogens is 175 g/mol. The van der Waals surface area contributed by atoms with E-state index in [2.05, 4.69) is 0 Å². The van der Waals surface area contributed by atoms with Crippen molar-refractivity contribution in [1.82, 2.24) is 0 Å². The van der Waals surface area contributed by atoms with Crippen molar-refractivity contribution in [2.45, 2.75) is 51.7 Å². The minimum Gasteiger partial charge on any atom is -0.113 e. The SMILES string of the molecule is CC1(C)CCC(C)(C)O[P+](=O)O1. The minimum atomic E-state index is -1.94. The Kier molecular flexibility index (Phi) is 2.57. The second-order valence-corrected chi connectivity index (χ2v) is 5.24. The van der Waals surface area contributed by atoms with Gasteiger partial charge < -0.3 is 0 Å². The highest BCUT2D eigenvalue weighted by Gasteiger charge is 2.44. The summed E-state index contributed by atoms with van der Waals surface area (Å²) in [6.07, 6.45) is 1.75. The minimum absolute atomic E-state index is 0.318. The maximum absolute atomic E-state index is 11.2. The van der Waals surface area contributed by atoms with E-state index in [9.17, 15) is 4.57 Å². The van der Waals surface area contributed by atoms with Crippen LogP contribution in [0.4, 0.5) is 0 Å². The van der Waals surface area contributed by atoms with Crippen molar-refractivity contribution < 1.29 is 13.6 Å². The van der Waals surface area contributed by atoms with E-state index in [1.54, 1.807) is 0 Å². The predicted octanol–water partition coefficient (Wildman–Crippen LogP) is 3.03. The van der Waals surface area contributed by atoms with Gasteiger partial charge in [-0.25, -0.2) is 0 Å². The standard InChI is InChI=1S/C8H16O3P/c1-7(2)5-6-8(3,4)11-12(9)10-7/h5-6H2,1-4H3/q+1. The van der Waals surface area contributed by atoms with E-state index in [1.165, 1.54) is 0 Å². The second-order valence-electron chi connectivity index (χ2n) is 4.43. The van der Waals surface area contributed by atoms with E-state index < -0.39 is 8.25 Å². The molecule has 0 aromatic heterocycles. The first kappa shape index (κ1) is 10.1. The topological polar surface area (TPSA) is 35.5 Å². The fraction of sp³-hybridized carbons (Fsp3) is 1.00. The van der Waals surface area contributed by atoms with E-state index in [1.807, 2.05) is 27.7 Å². The second kappa shape index (κ2) is 3.06. The van der Waals surface area contributed by atoms with Gasteiger partial charge in [0.2, 0.25) is 0 Å². The summed E-state index contributed by atoms with van der Waals surface area (Å²) >= 11 is 0. The van der Waals surface area contributed by atoms with Gasteiger partial charge in [-0.3, -0.25) is 0 Å². The van der Waals surface area contributed by atoms with Crippen molar-refractivity contribution in [1.29, 1.82) is 0 Å². The van der Waals surface area contributed by atoms with Crippen LogP contribution in [0.2, 0.25) is 0 Å². The van der Waals surface area contributed by atoms with E-state index in [0.29, 0.717) is 0 Å². The van der Waals surface area contributed by atoms with Crippen LogP contribution in [0.1, 0.15) is 40.5 Å². The first-order valence-electron chi connectivity index (χ1n) is 4.16. The molecule has 0 N–H and O–H groups in total. The first-order chi connectivity index (χ1) is 5.31. The molecule has 1 saturated heterocycles. The Labute approximate surface area is 74.4 Å². The van der Waals surface area contributed by atoms with Crippen LogP contribution in [0, 0.1) is 0 Å². The zero-order valence-corrected chi connectivity index (χ0v) is 8.98. The van der Waals surface area contributed by atoms with Gasteiger partial charge in [-0.05, 0) is 40.5 Å². The Balaban J connectivity index is 2.72. The molecule has 1 aliphatic rings. The lowest BCUT2D eigenvalue weighted by atomic mass is 9.94. The maximum Gasteiger partial charge on any atom is 0.698 e. The maximum atomic E-state index is 11.2. The number of hydrogen-bond donors (Lipinski definition) is 0. The fourth-order valence-electron chi connectivity index (χ4n) is 1.12. The van der Waals surface area contributed by atoms with Crippen LogP contribution in [0.25, 0.3) is 0 Å². The van der Waals surface area contributed by atoms with Gasteiger partial charge in [0, 0.05) is 4.57 Å². The Morgan fingerprint density at radius 1 is 1.00 bits per heavy atom. The largest absolute Gasteiger partial charge is 0.698 e. The van der Waals surface area contributed by atoms with Gasteiger partial charge in [-0.1, -0.05) is 0 Å². The lowest BCUT2D eigenvalue weighted by Gasteiger charge is -2.17. The zero-order valence-electron chi connectivity index (χ0n) is 8.09. The predicted molar refractivity (Wildman–Crippen MR) is 47.2 cm³/mol. The van der Waals surface area contributed by atoms with Gasteiger partial charge in [-0.2, -0.15) is 0 Å². The molecule has 0 radical (unpaired) electrons. The first-order valence-corrected chi connectivity index (χ1v) is 5.26. The molecule has 0 unspecified atom stereocenters. The van der Waals surface area contributed by atoms with Crippen LogP contribution in [0.5, 0.6) is 0 Å². The van der Waals surface area contributed by atoms with Crippen molar-refractivity contribution in [3.63, 3.8) is 0 Å². The van der Waals surface area contributed by atoms with Gasteiger partial charge in [0.05, 0.1) is 0 Å². The van der Waals surface area contributed by atoms with E-state index in [-0.39, 0.29) is 11.2 Å². The molecule has 0 aliphatic carbocycles. The summed E-state index contributed by atoms with van der Waals surface area (Å²) in [7, 11) is -1.94. The summed E-state index contributed by atoms with van der Waals surface area (Å²) < 4.78 is 21.7. The summed E-state index contributed by atoms with van der Waals surface area (Å²) in [5.74, 6) is 0. The lowest BCUT2D eigenvalue weighted by Crippen LogP contribution is -2.23. The third kappa shape index (κ3) is 2.81. The molecule has 0 bridgehead atoms. The summed E-state index contributed by atoms with van der Waals surface area (Å²) in [5, 5.41) is 0. The van der Waals surface area contributed by atoms with Crippen LogP contribution in [-0.2, 0) is 13.6 Å². The molecule has 0 atom stereocenters. The molecule has 0 spiro atoms. The highest BCUT2D eigenvalue weighted by Crippen LogP contribution is 2.43. The zero-order chi connectivity index (χ0) is 9.41. The normalized spacial score (nSPS) is 28.2. The Hall–Kier alpha value is 0.0200. The van der Waals surface area contributed by atoms with E-state index in [4.69, 9.17) is 9.05 Å². The monoisotopic (exact) mass is 191 g/mol. The van der Waals surface area contributed by atoms with Crippen molar-refractivity contribution in [3.05, 3.63) is 0 Å². The van der Waals surface area contributed by atoms with Crippen molar-refractivity contribution in [2.24, 2.45) is 0 Å². The Bertz CT molecular complexity index is 178. The van der Waals surface area contributed by atoms with Gasteiger partial charge in [0.25, 0.3) is 0 Å². The van der Waals surface area contributed by atoms with Crippen molar-refractivity contribution >= 4 is 8.25 Å². The molecule has 1 fully saturated rings. The summed E-state index contributed by atoms with van der Waals surface area (Å²) in [6, 6.07) is 0. The quantitative estimate of drug-likeness (QED) is 0.552. The van der Waals surface area contributed by atoms with E-state index >= 15 is 0 Å². The van der Waals surface area contributed by atoms with Crippen molar-refractivity contribution in [2.75, 3.05) is 0 Å². The van der Waals surface area contributed by atoms with Gasteiger partial charge >= 0.3 is 8.25 Å². The summed E-state index contributed by atoms with van der Waals surface area (Å²) in [6.45, 7) is 7.74. The van der Waals surface area contributed by atoms with Crippen LogP contribution >= 0.6 is 8.25 Å². The molecule has 1 aliphatic heterocycles. The van der Waals surface area contributed by atoms with Gasteiger partial charge in [0.1, 0.15) is 11.2 Å². The molecule has 1 rings (SSSR count). The van der Waals surface area contributed by atoms with Gasteiger partial charge in [-0.15, -0.1) is 9.05 Å². The molecule has 4 heteroatoms. The smallest absolute Gasteiger partial charge is 0.113 e. The molecular formula is C8H16O3P+. The molecule has 0 aromatic rings. The molecule has 12 heavy (non-hydrogen) atoms. The fourth-order valence-corrected chi connectivity index (χ4v) is 2.14. The molecule has 70 valence electrons. The average Bonchev–Trinajstić information content (AvgIpc) is 1.87. The lowest BCUT2D eigenvalue weighted by molar-refractivity contribution is 0.0938. The van der Waals surface area contributed by atoms with Crippen LogP contribution in [0.15, 0.2) is 0 Å². The Morgan fingerprint density at radius 3 is 1.67 bits per heavy atom. The molecule has 0 saturated carbocycles. The highest BCUT2D eigenvalue weighted by atomic mass is 31.1. The average molecular weight is 191 g/mol. The highest BCUT2D eigenvalue weighted by molar-refractivity contribution is 7.33. The Morgan fingerprint density at radius 2 is 1.33 bits per heavy atom.